The van der Waals surface area contributed by atoms with Crippen molar-refractivity contribution in [2.75, 3.05) is 11.9 Å². The van der Waals surface area contributed by atoms with Crippen molar-refractivity contribution in [3.05, 3.63) is 35.9 Å². The normalized spacial score (nSPS) is 15.0. The van der Waals surface area contributed by atoms with E-state index in [-0.39, 0.29) is 0 Å². The molecule has 0 fully saturated rings. The summed E-state index contributed by atoms with van der Waals surface area (Å²) in [7, 11) is 0. The Morgan fingerprint density at radius 2 is 2.31 bits per heavy atom. The van der Waals surface area contributed by atoms with Gasteiger partial charge in [-0.1, -0.05) is 25.6 Å². The van der Waals surface area contributed by atoms with Gasteiger partial charge in [-0.05, 0) is 30.0 Å². The predicted octanol–water partition coefficient (Wildman–Crippen LogP) is 3.08. The molecule has 0 aromatic heterocycles. The van der Waals surface area contributed by atoms with E-state index in [9.17, 15) is 0 Å². The van der Waals surface area contributed by atoms with Gasteiger partial charge in [0.1, 0.15) is 0 Å². The molecule has 1 N–H and O–H groups in total. The van der Waals surface area contributed by atoms with Crippen LogP contribution in [0.1, 0.15) is 24.5 Å². The summed E-state index contributed by atoms with van der Waals surface area (Å²) in [6.07, 6.45) is 2.16. The predicted molar refractivity (Wildman–Crippen MR) is 58.0 cm³/mol. The van der Waals surface area contributed by atoms with Crippen molar-refractivity contribution in [1.82, 2.24) is 0 Å². The van der Waals surface area contributed by atoms with Crippen LogP contribution in [0.25, 0.3) is 5.57 Å². The smallest absolute Gasteiger partial charge is 0.0419 e. The third kappa shape index (κ3) is 1.35. The van der Waals surface area contributed by atoms with Crippen LogP contribution in [0.15, 0.2) is 24.8 Å². The maximum Gasteiger partial charge on any atom is 0.0419 e. The zero-order chi connectivity index (χ0) is 9.26. The number of hydrogen-bond acceptors (Lipinski definition) is 1. The van der Waals surface area contributed by atoms with Crippen molar-refractivity contribution < 1.29 is 0 Å². The standard InChI is InChI=1S/C12H15N/c1-3-10-5-4-6-11-12(10)9(2)7-8-13-11/h4-6,13H,2-3,7-8H2,1H3. The molecule has 68 valence electrons. The Morgan fingerprint density at radius 3 is 3.08 bits per heavy atom. The molecule has 1 aliphatic rings. The zero-order valence-electron chi connectivity index (χ0n) is 8.06. The van der Waals surface area contributed by atoms with Crippen LogP contribution in [0.4, 0.5) is 5.69 Å². The Labute approximate surface area is 79.5 Å². The first-order chi connectivity index (χ1) is 6.33. The molecule has 0 atom stereocenters. The average Bonchev–Trinajstić information content (AvgIpc) is 2.17. The molecule has 0 saturated carbocycles. The van der Waals surface area contributed by atoms with Crippen LogP contribution in [-0.2, 0) is 6.42 Å². The SMILES string of the molecule is C=C1CCNc2cccc(CC)c21. The monoisotopic (exact) mass is 173 g/mol. The minimum absolute atomic E-state index is 1.03. The molecule has 1 aromatic rings. The van der Waals surface area contributed by atoms with Gasteiger partial charge in [0.15, 0.2) is 0 Å². The number of nitrogens with one attached hydrogen (secondary N) is 1. The highest BCUT2D eigenvalue weighted by molar-refractivity contribution is 5.80. The van der Waals surface area contributed by atoms with Gasteiger partial charge in [0, 0.05) is 17.8 Å². The Kier molecular flexibility index (Phi) is 2.09. The molecule has 1 aromatic carbocycles. The van der Waals surface area contributed by atoms with Gasteiger partial charge in [-0.15, -0.1) is 0 Å². The number of rotatable bonds is 1. The van der Waals surface area contributed by atoms with Gasteiger partial charge in [-0.25, -0.2) is 0 Å². The average molecular weight is 173 g/mol. The quantitative estimate of drug-likeness (QED) is 0.688. The van der Waals surface area contributed by atoms with Crippen molar-refractivity contribution in [3.8, 4) is 0 Å². The van der Waals surface area contributed by atoms with Gasteiger partial charge in [0.25, 0.3) is 0 Å². The lowest BCUT2D eigenvalue weighted by atomic mass is 9.93. The number of hydrogen-bond donors (Lipinski definition) is 1. The fourth-order valence-electron chi connectivity index (χ4n) is 1.93. The summed E-state index contributed by atoms with van der Waals surface area (Å²) in [5.74, 6) is 0. The van der Waals surface area contributed by atoms with E-state index >= 15 is 0 Å². The van der Waals surface area contributed by atoms with Crippen LogP contribution >= 0.6 is 0 Å². The highest BCUT2D eigenvalue weighted by Gasteiger charge is 2.13. The van der Waals surface area contributed by atoms with E-state index in [2.05, 4.69) is 37.0 Å². The minimum Gasteiger partial charge on any atom is -0.384 e. The summed E-state index contributed by atoms with van der Waals surface area (Å²) in [5.41, 5.74) is 5.31. The van der Waals surface area contributed by atoms with Crippen LogP contribution in [0.2, 0.25) is 0 Å². The molecule has 0 unspecified atom stereocenters. The van der Waals surface area contributed by atoms with Crippen molar-refractivity contribution >= 4 is 11.3 Å². The summed E-state index contributed by atoms with van der Waals surface area (Å²) in [6.45, 7) is 7.34. The molecule has 0 saturated heterocycles. The lowest BCUT2D eigenvalue weighted by Gasteiger charge is -2.22. The van der Waals surface area contributed by atoms with Crippen LogP contribution in [0.5, 0.6) is 0 Å². The highest BCUT2D eigenvalue weighted by Crippen LogP contribution is 2.32. The first-order valence-corrected chi connectivity index (χ1v) is 4.87. The van der Waals surface area contributed by atoms with E-state index in [1.807, 2.05) is 0 Å². The number of benzene rings is 1. The van der Waals surface area contributed by atoms with Crippen molar-refractivity contribution in [2.45, 2.75) is 19.8 Å². The molecule has 0 amide bonds. The fourth-order valence-corrected chi connectivity index (χ4v) is 1.93. The molecule has 13 heavy (non-hydrogen) atoms. The second kappa shape index (κ2) is 3.25. The van der Waals surface area contributed by atoms with Gasteiger partial charge in [-0.3, -0.25) is 0 Å². The van der Waals surface area contributed by atoms with Gasteiger partial charge >= 0.3 is 0 Å². The lowest BCUT2D eigenvalue weighted by Crippen LogP contribution is -2.12. The van der Waals surface area contributed by atoms with Crippen LogP contribution in [0.3, 0.4) is 0 Å². The van der Waals surface area contributed by atoms with E-state index in [4.69, 9.17) is 0 Å². The maximum atomic E-state index is 4.12. The molecule has 1 aliphatic heterocycles. The van der Waals surface area contributed by atoms with Crippen LogP contribution in [-0.4, -0.2) is 6.54 Å². The van der Waals surface area contributed by atoms with E-state index in [0.717, 1.165) is 19.4 Å². The van der Waals surface area contributed by atoms with Gasteiger partial charge < -0.3 is 5.32 Å². The Morgan fingerprint density at radius 1 is 1.46 bits per heavy atom. The molecule has 0 radical (unpaired) electrons. The molecule has 0 spiro atoms. The molecule has 1 nitrogen and oxygen atoms in total. The summed E-state index contributed by atoms with van der Waals surface area (Å²) < 4.78 is 0. The zero-order valence-corrected chi connectivity index (χ0v) is 8.06. The number of aryl methyl sites for hydroxylation is 1. The molecule has 0 aliphatic carbocycles. The molecule has 1 heterocycles. The third-order valence-corrected chi connectivity index (χ3v) is 2.63. The minimum atomic E-state index is 1.03. The Balaban J connectivity index is 2.56. The third-order valence-electron chi connectivity index (χ3n) is 2.63. The second-order valence-corrected chi connectivity index (χ2v) is 3.47. The Bertz CT molecular complexity index is 325. The second-order valence-electron chi connectivity index (χ2n) is 3.47. The van der Waals surface area contributed by atoms with Crippen LogP contribution < -0.4 is 5.32 Å². The van der Waals surface area contributed by atoms with E-state index in [1.54, 1.807) is 0 Å². The van der Waals surface area contributed by atoms with Gasteiger partial charge in [0.05, 0.1) is 0 Å². The van der Waals surface area contributed by atoms with Gasteiger partial charge in [0.2, 0.25) is 0 Å². The van der Waals surface area contributed by atoms with Crippen molar-refractivity contribution in [1.29, 1.82) is 0 Å². The van der Waals surface area contributed by atoms with E-state index in [0.29, 0.717) is 0 Å². The summed E-state index contributed by atoms with van der Waals surface area (Å²) >= 11 is 0. The summed E-state index contributed by atoms with van der Waals surface area (Å²) in [5, 5.41) is 3.41. The fraction of sp³-hybridized carbons (Fsp3) is 0.333. The van der Waals surface area contributed by atoms with E-state index < -0.39 is 0 Å². The van der Waals surface area contributed by atoms with Crippen molar-refractivity contribution in [3.63, 3.8) is 0 Å². The first kappa shape index (κ1) is 8.36. The van der Waals surface area contributed by atoms with Crippen molar-refractivity contribution in [2.24, 2.45) is 0 Å². The summed E-state index contributed by atoms with van der Waals surface area (Å²) in [4.78, 5) is 0. The summed E-state index contributed by atoms with van der Waals surface area (Å²) in [6, 6.07) is 6.44. The number of anilines is 1. The topological polar surface area (TPSA) is 12.0 Å². The molecular formula is C12H15N. The first-order valence-electron chi connectivity index (χ1n) is 4.87. The lowest BCUT2D eigenvalue weighted by molar-refractivity contribution is 1.03. The Hall–Kier alpha value is -1.24. The number of fused-ring (bicyclic) bond motifs is 1. The molecule has 0 bridgehead atoms. The van der Waals surface area contributed by atoms with E-state index in [1.165, 1.54) is 22.4 Å². The molecule has 2 rings (SSSR count). The largest absolute Gasteiger partial charge is 0.384 e. The molecule has 1 heteroatoms. The highest BCUT2D eigenvalue weighted by atomic mass is 14.9. The maximum absolute atomic E-state index is 4.12. The molecular weight excluding hydrogens is 158 g/mol. The van der Waals surface area contributed by atoms with Gasteiger partial charge in [-0.2, -0.15) is 0 Å². The van der Waals surface area contributed by atoms with Crippen LogP contribution in [0, 0.1) is 0 Å².